The van der Waals surface area contributed by atoms with Crippen molar-refractivity contribution < 1.29 is 4.79 Å². The Morgan fingerprint density at radius 1 is 1.20 bits per heavy atom. The smallest absolute Gasteiger partial charge is 0.285 e. The van der Waals surface area contributed by atoms with Crippen LogP contribution < -0.4 is 10.9 Å². The highest BCUT2D eigenvalue weighted by Crippen LogP contribution is 2.18. The third kappa shape index (κ3) is 3.26. The average Bonchev–Trinajstić information content (AvgIpc) is 2.60. The van der Waals surface area contributed by atoms with Gasteiger partial charge in [0.2, 0.25) is 5.91 Å². The number of hydrogen-bond acceptors (Lipinski definition) is 4. The summed E-state index contributed by atoms with van der Waals surface area (Å²) < 4.78 is 1.03. The van der Waals surface area contributed by atoms with Crippen molar-refractivity contribution >= 4 is 22.4 Å². The maximum absolute atomic E-state index is 12.3. The van der Waals surface area contributed by atoms with Crippen LogP contribution >= 0.6 is 0 Å². The highest BCUT2D eigenvalue weighted by atomic mass is 16.2. The molecule has 6 heteroatoms. The van der Waals surface area contributed by atoms with Gasteiger partial charge in [0.15, 0.2) is 0 Å². The lowest BCUT2D eigenvalue weighted by atomic mass is 10.1. The van der Waals surface area contributed by atoms with Crippen LogP contribution in [0.1, 0.15) is 16.8 Å². The van der Waals surface area contributed by atoms with E-state index in [0.29, 0.717) is 16.9 Å². The van der Waals surface area contributed by atoms with Crippen molar-refractivity contribution in [3.05, 3.63) is 69.6 Å². The minimum Gasteiger partial charge on any atom is -0.324 e. The van der Waals surface area contributed by atoms with E-state index in [9.17, 15) is 9.59 Å². The standard InChI is InChI=1S/C19H16N4O2/c1-12-13(2)22-23(19(25)17(12)10-20)11-18(24)21-16-8-7-14-5-3-4-6-15(14)9-16/h3-9H,11H2,1-2H3,(H,21,24). The molecule has 124 valence electrons. The zero-order chi connectivity index (χ0) is 18.0. The molecule has 2 aromatic carbocycles. The summed E-state index contributed by atoms with van der Waals surface area (Å²) >= 11 is 0. The van der Waals surface area contributed by atoms with E-state index in [2.05, 4.69) is 10.4 Å². The van der Waals surface area contributed by atoms with Gasteiger partial charge in [0.05, 0.1) is 5.69 Å². The van der Waals surface area contributed by atoms with Crippen LogP contribution in [0.15, 0.2) is 47.3 Å². The number of nitrogens with one attached hydrogen (secondary N) is 1. The Morgan fingerprint density at radius 3 is 2.64 bits per heavy atom. The molecular formula is C19H16N4O2. The van der Waals surface area contributed by atoms with Crippen molar-refractivity contribution in [1.82, 2.24) is 9.78 Å². The number of carbonyl (C=O) groups excluding carboxylic acids is 1. The average molecular weight is 332 g/mol. The molecule has 1 N–H and O–H groups in total. The van der Waals surface area contributed by atoms with Crippen LogP contribution in [0.4, 0.5) is 5.69 Å². The van der Waals surface area contributed by atoms with Gasteiger partial charge in [-0.15, -0.1) is 0 Å². The fourth-order valence-electron chi connectivity index (χ4n) is 2.61. The highest BCUT2D eigenvalue weighted by Gasteiger charge is 2.14. The minimum atomic E-state index is -0.556. The molecule has 0 aliphatic heterocycles. The van der Waals surface area contributed by atoms with Crippen molar-refractivity contribution in [3.63, 3.8) is 0 Å². The summed E-state index contributed by atoms with van der Waals surface area (Å²) in [5, 5.41) is 18.1. The third-order valence-electron chi connectivity index (χ3n) is 4.08. The van der Waals surface area contributed by atoms with Gasteiger partial charge in [-0.1, -0.05) is 30.3 Å². The Bertz CT molecular complexity index is 1080. The van der Waals surface area contributed by atoms with Crippen molar-refractivity contribution in [2.75, 3.05) is 5.32 Å². The summed E-state index contributed by atoms with van der Waals surface area (Å²) in [5.74, 6) is -0.378. The van der Waals surface area contributed by atoms with E-state index >= 15 is 0 Å². The summed E-state index contributed by atoms with van der Waals surface area (Å²) in [6, 6.07) is 15.3. The van der Waals surface area contributed by atoms with Gasteiger partial charge in [-0.05, 0) is 42.3 Å². The number of amides is 1. The second kappa shape index (κ2) is 6.57. The molecular weight excluding hydrogens is 316 g/mol. The Labute approximate surface area is 144 Å². The number of hydrogen-bond donors (Lipinski definition) is 1. The van der Waals surface area contributed by atoms with Crippen molar-refractivity contribution in [2.45, 2.75) is 20.4 Å². The van der Waals surface area contributed by atoms with Gasteiger partial charge in [0.25, 0.3) is 5.56 Å². The zero-order valence-electron chi connectivity index (χ0n) is 13.9. The number of anilines is 1. The van der Waals surface area contributed by atoms with Crippen LogP contribution in [-0.4, -0.2) is 15.7 Å². The van der Waals surface area contributed by atoms with Crippen LogP contribution in [0, 0.1) is 25.2 Å². The molecule has 3 rings (SSSR count). The molecule has 25 heavy (non-hydrogen) atoms. The van der Waals surface area contributed by atoms with Gasteiger partial charge < -0.3 is 5.32 Å². The molecule has 0 radical (unpaired) electrons. The van der Waals surface area contributed by atoms with Gasteiger partial charge in [-0.3, -0.25) is 9.59 Å². The first-order valence-corrected chi connectivity index (χ1v) is 7.76. The van der Waals surface area contributed by atoms with Crippen LogP contribution in [0.5, 0.6) is 0 Å². The summed E-state index contributed by atoms with van der Waals surface area (Å²) in [5.41, 5.74) is 1.19. The molecule has 0 fully saturated rings. The molecule has 6 nitrogen and oxygen atoms in total. The number of nitriles is 1. The molecule has 0 atom stereocenters. The quantitative estimate of drug-likeness (QED) is 0.798. The van der Waals surface area contributed by atoms with Crippen LogP contribution in [0.2, 0.25) is 0 Å². The number of rotatable bonds is 3. The lowest BCUT2D eigenvalue weighted by Crippen LogP contribution is -2.32. The van der Waals surface area contributed by atoms with Gasteiger partial charge in [-0.2, -0.15) is 10.4 Å². The van der Waals surface area contributed by atoms with Crippen LogP contribution in [0.25, 0.3) is 10.8 Å². The van der Waals surface area contributed by atoms with E-state index in [4.69, 9.17) is 5.26 Å². The number of nitrogens with zero attached hydrogens (tertiary/aromatic N) is 3. The molecule has 3 aromatic rings. The summed E-state index contributed by atoms with van der Waals surface area (Å²) in [6.45, 7) is 3.12. The lowest BCUT2D eigenvalue weighted by molar-refractivity contribution is -0.117. The first kappa shape index (κ1) is 16.4. The third-order valence-corrected chi connectivity index (χ3v) is 4.08. The normalized spacial score (nSPS) is 10.4. The fraction of sp³-hybridized carbons (Fsp3) is 0.158. The van der Waals surface area contributed by atoms with E-state index in [1.165, 1.54) is 0 Å². The molecule has 0 aliphatic carbocycles. The van der Waals surface area contributed by atoms with Crippen molar-refractivity contribution in [1.29, 1.82) is 5.26 Å². The van der Waals surface area contributed by atoms with E-state index in [0.717, 1.165) is 15.5 Å². The maximum atomic E-state index is 12.3. The van der Waals surface area contributed by atoms with E-state index in [-0.39, 0.29) is 18.0 Å². The number of fused-ring (bicyclic) bond motifs is 1. The predicted octanol–water partition coefficient (Wildman–Crippen LogP) is 2.52. The van der Waals surface area contributed by atoms with E-state index in [1.54, 1.807) is 19.9 Å². The fourth-order valence-corrected chi connectivity index (χ4v) is 2.61. The Kier molecular flexibility index (Phi) is 4.31. The molecule has 0 saturated carbocycles. The first-order valence-electron chi connectivity index (χ1n) is 7.76. The van der Waals surface area contributed by atoms with Gasteiger partial charge in [0, 0.05) is 5.69 Å². The highest BCUT2D eigenvalue weighted by molar-refractivity contribution is 5.94. The minimum absolute atomic E-state index is 0.0194. The Hall–Kier alpha value is -3.46. The topological polar surface area (TPSA) is 87.8 Å². The predicted molar refractivity (Wildman–Crippen MR) is 95.3 cm³/mol. The second-order valence-corrected chi connectivity index (χ2v) is 5.77. The van der Waals surface area contributed by atoms with E-state index < -0.39 is 5.56 Å². The van der Waals surface area contributed by atoms with Crippen LogP contribution in [-0.2, 0) is 11.3 Å². The number of aromatic nitrogens is 2. The zero-order valence-corrected chi connectivity index (χ0v) is 13.9. The van der Waals surface area contributed by atoms with Gasteiger partial charge in [-0.25, -0.2) is 4.68 Å². The van der Waals surface area contributed by atoms with Gasteiger partial charge in [0.1, 0.15) is 18.2 Å². The first-order chi connectivity index (χ1) is 12.0. The molecule has 1 aromatic heterocycles. The van der Waals surface area contributed by atoms with Gasteiger partial charge >= 0.3 is 0 Å². The number of carbonyl (C=O) groups is 1. The second-order valence-electron chi connectivity index (χ2n) is 5.77. The SMILES string of the molecule is Cc1nn(CC(=O)Nc2ccc3ccccc3c2)c(=O)c(C#N)c1C. The molecule has 0 bridgehead atoms. The van der Waals surface area contributed by atoms with Crippen molar-refractivity contribution in [2.24, 2.45) is 0 Å². The molecule has 0 aliphatic rings. The molecule has 0 saturated heterocycles. The van der Waals surface area contributed by atoms with Crippen molar-refractivity contribution in [3.8, 4) is 6.07 Å². The summed E-state index contributed by atoms with van der Waals surface area (Å²) in [7, 11) is 0. The summed E-state index contributed by atoms with van der Waals surface area (Å²) in [4.78, 5) is 24.5. The Balaban J connectivity index is 1.84. The lowest BCUT2D eigenvalue weighted by Gasteiger charge is -2.10. The van der Waals surface area contributed by atoms with E-state index in [1.807, 2.05) is 42.5 Å². The molecule has 1 heterocycles. The Morgan fingerprint density at radius 2 is 1.92 bits per heavy atom. The molecule has 0 spiro atoms. The van der Waals surface area contributed by atoms with Crippen LogP contribution in [0.3, 0.4) is 0 Å². The molecule has 1 amide bonds. The number of benzene rings is 2. The number of aryl methyl sites for hydroxylation is 1. The molecule has 0 unspecified atom stereocenters. The summed E-state index contributed by atoms with van der Waals surface area (Å²) in [6.07, 6.45) is 0. The largest absolute Gasteiger partial charge is 0.324 e. The monoisotopic (exact) mass is 332 g/mol. The maximum Gasteiger partial charge on any atom is 0.285 e.